The maximum absolute atomic E-state index is 5.94. The Hall–Kier alpha value is -0.860. The van der Waals surface area contributed by atoms with E-state index in [-0.39, 0.29) is 0 Å². The molecule has 0 saturated carbocycles. The number of aryl methyl sites for hydroxylation is 2. The van der Waals surface area contributed by atoms with Crippen molar-refractivity contribution in [3.63, 3.8) is 0 Å². The van der Waals surface area contributed by atoms with Crippen LogP contribution in [0.5, 0.6) is 0 Å². The van der Waals surface area contributed by atoms with Crippen LogP contribution in [-0.2, 0) is 12.8 Å². The standard InChI is InChI=1S/C13H11BrClN/c14-13-6-7-16-9-11(13)5-4-10-2-1-3-12(15)8-10/h1-3,6-9H,4-5H2. The van der Waals surface area contributed by atoms with Crippen LogP contribution < -0.4 is 0 Å². The second-order valence-corrected chi connectivity index (χ2v) is 4.89. The fourth-order valence-electron chi connectivity index (χ4n) is 1.57. The third kappa shape index (κ3) is 3.06. The van der Waals surface area contributed by atoms with E-state index in [0.717, 1.165) is 22.3 Å². The summed E-state index contributed by atoms with van der Waals surface area (Å²) in [7, 11) is 0. The van der Waals surface area contributed by atoms with Gasteiger partial charge in [0.25, 0.3) is 0 Å². The zero-order valence-electron chi connectivity index (χ0n) is 8.66. The molecule has 0 aliphatic heterocycles. The maximum atomic E-state index is 5.94. The van der Waals surface area contributed by atoms with Gasteiger partial charge in [-0.05, 0) is 42.2 Å². The predicted molar refractivity (Wildman–Crippen MR) is 70.8 cm³/mol. The third-order valence-corrected chi connectivity index (χ3v) is 3.42. The minimum atomic E-state index is 0.794. The van der Waals surface area contributed by atoms with Gasteiger partial charge < -0.3 is 0 Å². The number of nitrogens with zero attached hydrogens (tertiary/aromatic N) is 1. The van der Waals surface area contributed by atoms with Crippen molar-refractivity contribution in [1.82, 2.24) is 4.98 Å². The van der Waals surface area contributed by atoms with E-state index in [1.54, 1.807) is 6.20 Å². The molecule has 1 aromatic carbocycles. The van der Waals surface area contributed by atoms with Gasteiger partial charge in [0.1, 0.15) is 0 Å². The quantitative estimate of drug-likeness (QED) is 0.823. The lowest BCUT2D eigenvalue weighted by atomic mass is 10.1. The van der Waals surface area contributed by atoms with Gasteiger partial charge in [-0.15, -0.1) is 0 Å². The molecule has 0 spiro atoms. The highest BCUT2D eigenvalue weighted by molar-refractivity contribution is 9.10. The fourth-order valence-corrected chi connectivity index (χ4v) is 2.20. The van der Waals surface area contributed by atoms with E-state index in [0.29, 0.717) is 0 Å². The molecule has 1 nitrogen and oxygen atoms in total. The number of pyridine rings is 1. The molecule has 0 aliphatic rings. The molecule has 0 atom stereocenters. The second-order valence-electron chi connectivity index (χ2n) is 3.60. The first kappa shape index (κ1) is 11.6. The molecule has 16 heavy (non-hydrogen) atoms. The SMILES string of the molecule is Clc1cccc(CCc2cnccc2Br)c1. The van der Waals surface area contributed by atoms with Gasteiger partial charge in [-0.1, -0.05) is 39.7 Å². The Kier molecular flexibility index (Phi) is 3.97. The zero-order chi connectivity index (χ0) is 11.4. The molecule has 82 valence electrons. The maximum Gasteiger partial charge on any atom is 0.0408 e. The lowest BCUT2D eigenvalue weighted by molar-refractivity contribution is 0.944. The first-order chi connectivity index (χ1) is 7.75. The summed E-state index contributed by atoms with van der Waals surface area (Å²) in [5, 5.41) is 0.794. The summed E-state index contributed by atoms with van der Waals surface area (Å²) in [6.07, 6.45) is 5.63. The Bertz CT molecular complexity index is 485. The summed E-state index contributed by atoms with van der Waals surface area (Å²) in [5.74, 6) is 0. The van der Waals surface area contributed by atoms with Crippen LogP contribution in [0.15, 0.2) is 47.2 Å². The van der Waals surface area contributed by atoms with E-state index < -0.39 is 0 Å². The van der Waals surface area contributed by atoms with E-state index in [9.17, 15) is 0 Å². The van der Waals surface area contributed by atoms with Crippen LogP contribution in [-0.4, -0.2) is 4.98 Å². The van der Waals surface area contributed by atoms with Gasteiger partial charge in [0.15, 0.2) is 0 Å². The molecule has 0 amide bonds. The number of halogens is 2. The average molecular weight is 297 g/mol. The molecule has 2 aromatic rings. The van der Waals surface area contributed by atoms with Crippen molar-refractivity contribution >= 4 is 27.5 Å². The largest absolute Gasteiger partial charge is 0.264 e. The molecule has 1 heterocycles. The number of aromatic nitrogens is 1. The molecule has 2 rings (SSSR count). The van der Waals surface area contributed by atoms with Crippen LogP contribution in [0.25, 0.3) is 0 Å². The summed E-state index contributed by atoms with van der Waals surface area (Å²) < 4.78 is 1.12. The van der Waals surface area contributed by atoms with E-state index in [1.807, 2.05) is 30.5 Å². The van der Waals surface area contributed by atoms with Crippen molar-refractivity contribution in [2.45, 2.75) is 12.8 Å². The molecule has 0 unspecified atom stereocenters. The molecule has 0 N–H and O–H groups in total. The minimum absolute atomic E-state index is 0.794. The Morgan fingerprint density at radius 1 is 1.19 bits per heavy atom. The van der Waals surface area contributed by atoms with E-state index in [4.69, 9.17) is 11.6 Å². The molecule has 0 bridgehead atoms. The van der Waals surface area contributed by atoms with Crippen LogP contribution in [0.2, 0.25) is 5.02 Å². The van der Waals surface area contributed by atoms with Gasteiger partial charge in [0.05, 0.1) is 0 Å². The lowest BCUT2D eigenvalue weighted by Crippen LogP contribution is -1.93. The normalized spacial score (nSPS) is 10.4. The topological polar surface area (TPSA) is 12.9 Å². The minimum Gasteiger partial charge on any atom is -0.264 e. The van der Waals surface area contributed by atoms with Crippen LogP contribution in [0.1, 0.15) is 11.1 Å². The van der Waals surface area contributed by atoms with Crippen LogP contribution in [0.3, 0.4) is 0 Å². The van der Waals surface area contributed by atoms with Crippen molar-refractivity contribution in [1.29, 1.82) is 0 Å². The van der Waals surface area contributed by atoms with Gasteiger partial charge in [-0.3, -0.25) is 4.98 Å². The van der Waals surface area contributed by atoms with Gasteiger partial charge in [-0.25, -0.2) is 0 Å². The summed E-state index contributed by atoms with van der Waals surface area (Å²) in [4.78, 5) is 4.12. The molecule has 0 fully saturated rings. The highest BCUT2D eigenvalue weighted by atomic mass is 79.9. The molecule has 3 heteroatoms. The Morgan fingerprint density at radius 3 is 2.81 bits per heavy atom. The van der Waals surface area contributed by atoms with Crippen LogP contribution in [0.4, 0.5) is 0 Å². The monoisotopic (exact) mass is 295 g/mol. The van der Waals surface area contributed by atoms with E-state index >= 15 is 0 Å². The smallest absolute Gasteiger partial charge is 0.0408 e. The summed E-state index contributed by atoms with van der Waals surface area (Å²) in [6.45, 7) is 0. The number of rotatable bonds is 3. The zero-order valence-corrected chi connectivity index (χ0v) is 11.0. The van der Waals surface area contributed by atoms with Crippen molar-refractivity contribution in [2.24, 2.45) is 0 Å². The van der Waals surface area contributed by atoms with Crippen LogP contribution >= 0.6 is 27.5 Å². The number of hydrogen-bond donors (Lipinski definition) is 0. The Labute approximate surface area is 109 Å². The van der Waals surface area contributed by atoms with Crippen molar-refractivity contribution in [2.75, 3.05) is 0 Å². The van der Waals surface area contributed by atoms with Gasteiger partial charge in [0, 0.05) is 21.9 Å². The molecule has 0 aliphatic carbocycles. The first-order valence-electron chi connectivity index (χ1n) is 5.08. The fraction of sp³-hybridized carbons (Fsp3) is 0.154. The highest BCUT2D eigenvalue weighted by Gasteiger charge is 2.00. The number of benzene rings is 1. The molecule has 1 aromatic heterocycles. The average Bonchev–Trinajstić information content (AvgIpc) is 2.28. The molecule has 0 radical (unpaired) electrons. The molecule has 0 saturated heterocycles. The molecular weight excluding hydrogens is 286 g/mol. The van der Waals surface area contributed by atoms with Crippen molar-refractivity contribution in [3.8, 4) is 0 Å². The summed E-state index contributed by atoms with van der Waals surface area (Å²) >= 11 is 9.45. The van der Waals surface area contributed by atoms with Gasteiger partial charge in [-0.2, -0.15) is 0 Å². The second kappa shape index (κ2) is 5.46. The Morgan fingerprint density at radius 2 is 2.06 bits per heavy atom. The first-order valence-corrected chi connectivity index (χ1v) is 6.25. The van der Waals surface area contributed by atoms with Gasteiger partial charge >= 0.3 is 0 Å². The van der Waals surface area contributed by atoms with Crippen molar-refractivity contribution < 1.29 is 0 Å². The van der Waals surface area contributed by atoms with E-state index in [2.05, 4.69) is 27.0 Å². The lowest BCUT2D eigenvalue weighted by Gasteiger charge is -2.04. The van der Waals surface area contributed by atoms with Crippen LogP contribution in [0, 0.1) is 0 Å². The van der Waals surface area contributed by atoms with E-state index in [1.165, 1.54) is 11.1 Å². The predicted octanol–water partition coefficient (Wildman–Crippen LogP) is 4.28. The number of hydrogen-bond acceptors (Lipinski definition) is 1. The molecular formula is C13H11BrClN. The van der Waals surface area contributed by atoms with Gasteiger partial charge in [0.2, 0.25) is 0 Å². The summed E-state index contributed by atoms with van der Waals surface area (Å²) in [6, 6.07) is 9.94. The van der Waals surface area contributed by atoms with Crippen molar-refractivity contribution in [3.05, 3.63) is 63.3 Å². The highest BCUT2D eigenvalue weighted by Crippen LogP contribution is 2.18. The summed E-state index contributed by atoms with van der Waals surface area (Å²) in [5.41, 5.74) is 2.48. The Balaban J connectivity index is 2.05. The third-order valence-electron chi connectivity index (χ3n) is 2.42.